The molecule has 4 aromatic rings. The lowest BCUT2D eigenvalue weighted by atomic mass is 10.0. The molecule has 0 saturated heterocycles. The van der Waals surface area contributed by atoms with Gasteiger partial charge in [-0.25, -0.2) is 4.79 Å². The van der Waals surface area contributed by atoms with Crippen molar-refractivity contribution in [3.05, 3.63) is 60.3 Å². The van der Waals surface area contributed by atoms with E-state index in [1.807, 2.05) is 24.3 Å². The second-order valence-electron chi connectivity index (χ2n) is 6.51. The molecule has 3 aromatic heterocycles. The summed E-state index contributed by atoms with van der Waals surface area (Å²) in [6.45, 7) is 0. The number of amides is 1. The molecule has 1 atom stereocenters. The summed E-state index contributed by atoms with van der Waals surface area (Å²) in [6, 6.07) is 9.97. The van der Waals surface area contributed by atoms with Crippen LogP contribution in [0.25, 0.3) is 22.5 Å². The standard InChI is InChI=1S/C20H18N4O5/c25-17(7-8-18-23-19(24-29-18)16-6-3-9-28-16)22-15(20(26)27)10-12-11-21-14-5-2-1-4-13(12)14/h1-6,9,11,15,21H,7-8,10H2,(H,22,25)(H,26,27). The lowest BCUT2D eigenvalue weighted by molar-refractivity contribution is -0.141. The number of furan rings is 1. The van der Waals surface area contributed by atoms with E-state index in [0.717, 1.165) is 16.5 Å². The quantitative estimate of drug-likeness (QED) is 0.418. The molecule has 0 aliphatic carbocycles. The Hall–Kier alpha value is -3.88. The summed E-state index contributed by atoms with van der Waals surface area (Å²) in [5, 5.41) is 16.8. The molecule has 3 heterocycles. The molecule has 3 N–H and O–H groups in total. The highest BCUT2D eigenvalue weighted by Gasteiger charge is 2.22. The maximum atomic E-state index is 12.3. The van der Waals surface area contributed by atoms with E-state index in [1.165, 1.54) is 6.26 Å². The van der Waals surface area contributed by atoms with Crippen LogP contribution in [0.4, 0.5) is 0 Å². The summed E-state index contributed by atoms with van der Waals surface area (Å²) in [6.07, 6.45) is 3.66. The minimum atomic E-state index is -1.10. The van der Waals surface area contributed by atoms with E-state index in [-0.39, 0.29) is 25.2 Å². The van der Waals surface area contributed by atoms with Gasteiger partial charge in [-0.05, 0) is 23.8 Å². The number of nitrogens with one attached hydrogen (secondary N) is 2. The maximum absolute atomic E-state index is 12.3. The third-order valence-corrected chi connectivity index (χ3v) is 4.51. The molecular formula is C20H18N4O5. The molecule has 29 heavy (non-hydrogen) atoms. The van der Waals surface area contributed by atoms with E-state index in [1.54, 1.807) is 18.3 Å². The molecule has 148 valence electrons. The van der Waals surface area contributed by atoms with Crippen LogP contribution < -0.4 is 5.32 Å². The molecule has 1 aromatic carbocycles. The Morgan fingerprint density at radius 2 is 2.07 bits per heavy atom. The van der Waals surface area contributed by atoms with E-state index in [4.69, 9.17) is 8.94 Å². The minimum Gasteiger partial charge on any atom is -0.480 e. The molecule has 0 spiro atoms. The second kappa shape index (κ2) is 8.01. The van der Waals surface area contributed by atoms with Gasteiger partial charge in [0.1, 0.15) is 6.04 Å². The number of benzene rings is 1. The number of aliphatic carboxylic acids is 1. The highest BCUT2D eigenvalue weighted by atomic mass is 16.5. The van der Waals surface area contributed by atoms with Crippen molar-refractivity contribution in [2.24, 2.45) is 0 Å². The third-order valence-electron chi connectivity index (χ3n) is 4.51. The van der Waals surface area contributed by atoms with Crippen molar-refractivity contribution >= 4 is 22.8 Å². The Kier molecular flexibility index (Phi) is 5.10. The van der Waals surface area contributed by atoms with Crippen LogP contribution in [0.1, 0.15) is 17.9 Å². The molecule has 0 radical (unpaired) electrons. The number of nitrogens with zero attached hydrogens (tertiary/aromatic N) is 2. The molecule has 0 saturated carbocycles. The molecule has 9 heteroatoms. The van der Waals surface area contributed by atoms with Crippen molar-refractivity contribution in [1.82, 2.24) is 20.4 Å². The highest BCUT2D eigenvalue weighted by Crippen LogP contribution is 2.19. The lowest BCUT2D eigenvalue weighted by Crippen LogP contribution is -2.42. The number of fused-ring (bicyclic) bond motifs is 1. The number of carbonyl (C=O) groups is 2. The first-order valence-corrected chi connectivity index (χ1v) is 9.04. The Labute approximate surface area is 164 Å². The summed E-state index contributed by atoms with van der Waals surface area (Å²) in [7, 11) is 0. The summed E-state index contributed by atoms with van der Waals surface area (Å²) < 4.78 is 10.3. The Morgan fingerprint density at radius 1 is 1.21 bits per heavy atom. The van der Waals surface area contributed by atoms with Crippen LogP contribution in [0, 0.1) is 0 Å². The van der Waals surface area contributed by atoms with Crippen LogP contribution >= 0.6 is 0 Å². The SMILES string of the molecule is O=C(CCc1nc(-c2ccco2)no1)NC(Cc1c[nH]c2ccccc12)C(=O)O. The first-order valence-electron chi connectivity index (χ1n) is 9.04. The molecule has 0 bridgehead atoms. The largest absolute Gasteiger partial charge is 0.480 e. The van der Waals surface area contributed by atoms with Gasteiger partial charge in [-0.2, -0.15) is 4.98 Å². The zero-order valence-corrected chi connectivity index (χ0v) is 15.3. The molecule has 4 rings (SSSR count). The van der Waals surface area contributed by atoms with Crippen molar-refractivity contribution in [2.45, 2.75) is 25.3 Å². The number of rotatable bonds is 8. The van der Waals surface area contributed by atoms with Crippen molar-refractivity contribution in [1.29, 1.82) is 0 Å². The number of carboxylic acid groups (broad SMARTS) is 1. The van der Waals surface area contributed by atoms with Gasteiger partial charge in [-0.15, -0.1) is 0 Å². The van der Waals surface area contributed by atoms with E-state index in [0.29, 0.717) is 11.6 Å². The van der Waals surface area contributed by atoms with Crippen LogP contribution in [0.2, 0.25) is 0 Å². The fraction of sp³-hybridized carbons (Fsp3) is 0.200. The predicted molar refractivity (Wildman–Crippen MR) is 102 cm³/mol. The Balaban J connectivity index is 1.36. The Morgan fingerprint density at radius 3 is 2.86 bits per heavy atom. The first kappa shape index (κ1) is 18.5. The monoisotopic (exact) mass is 394 g/mol. The number of para-hydroxylation sites is 1. The van der Waals surface area contributed by atoms with Gasteiger partial charge in [-0.1, -0.05) is 23.4 Å². The van der Waals surface area contributed by atoms with Crippen LogP contribution in [0.15, 0.2) is 57.8 Å². The molecule has 0 aliphatic rings. The molecule has 9 nitrogen and oxygen atoms in total. The summed E-state index contributed by atoms with van der Waals surface area (Å²) in [5.74, 6) is -0.464. The van der Waals surface area contributed by atoms with Gasteiger partial charge in [-0.3, -0.25) is 4.79 Å². The minimum absolute atomic E-state index is 0.0253. The van der Waals surface area contributed by atoms with E-state index >= 15 is 0 Å². The molecule has 0 fully saturated rings. The van der Waals surface area contributed by atoms with Crippen LogP contribution in [-0.2, 0) is 22.4 Å². The van der Waals surface area contributed by atoms with Crippen molar-refractivity contribution in [3.63, 3.8) is 0 Å². The zero-order chi connectivity index (χ0) is 20.2. The number of H-pyrrole nitrogens is 1. The zero-order valence-electron chi connectivity index (χ0n) is 15.3. The molecular weight excluding hydrogens is 376 g/mol. The van der Waals surface area contributed by atoms with Crippen molar-refractivity contribution in [3.8, 4) is 11.6 Å². The smallest absolute Gasteiger partial charge is 0.326 e. The van der Waals surface area contributed by atoms with E-state index < -0.39 is 17.9 Å². The van der Waals surface area contributed by atoms with E-state index in [9.17, 15) is 14.7 Å². The van der Waals surface area contributed by atoms with Gasteiger partial charge in [0, 0.05) is 36.4 Å². The number of carboxylic acids is 1. The van der Waals surface area contributed by atoms with Gasteiger partial charge < -0.3 is 24.3 Å². The van der Waals surface area contributed by atoms with Crippen LogP contribution in [0.3, 0.4) is 0 Å². The van der Waals surface area contributed by atoms with Gasteiger partial charge in [0.15, 0.2) is 5.76 Å². The fourth-order valence-corrected chi connectivity index (χ4v) is 3.07. The number of aromatic amines is 1. The van der Waals surface area contributed by atoms with Crippen LogP contribution in [0.5, 0.6) is 0 Å². The lowest BCUT2D eigenvalue weighted by Gasteiger charge is -2.14. The number of aryl methyl sites for hydroxylation is 1. The van der Waals surface area contributed by atoms with Crippen LogP contribution in [-0.4, -0.2) is 38.1 Å². The maximum Gasteiger partial charge on any atom is 0.326 e. The first-order chi connectivity index (χ1) is 14.1. The van der Waals surface area contributed by atoms with Crippen molar-refractivity contribution in [2.75, 3.05) is 0 Å². The summed E-state index contributed by atoms with van der Waals surface area (Å²) in [4.78, 5) is 31.2. The summed E-state index contributed by atoms with van der Waals surface area (Å²) >= 11 is 0. The number of aromatic nitrogens is 3. The van der Waals surface area contributed by atoms with E-state index in [2.05, 4.69) is 20.4 Å². The van der Waals surface area contributed by atoms with Gasteiger partial charge in [0.25, 0.3) is 0 Å². The molecule has 1 unspecified atom stereocenters. The number of carbonyl (C=O) groups excluding carboxylic acids is 1. The number of hydrogen-bond donors (Lipinski definition) is 3. The second-order valence-corrected chi connectivity index (χ2v) is 6.51. The third kappa shape index (κ3) is 4.18. The average Bonchev–Trinajstić information content (AvgIpc) is 3.46. The molecule has 0 aliphatic heterocycles. The Bertz CT molecular complexity index is 1130. The number of hydrogen-bond acceptors (Lipinski definition) is 6. The van der Waals surface area contributed by atoms with Crippen molar-refractivity contribution < 1.29 is 23.6 Å². The topological polar surface area (TPSA) is 134 Å². The van der Waals surface area contributed by atoms with Gasteiger partial charge >= 0.3 is 5.97 Å². The molecule has 1 amide bonds. The summed E-state index contributed by atoms with van der Waals surface area (Å²) in [5.41, 5.74) is 1.75. The average molecular weight is 394 g/mol. The highest BCUT2D eigenvalue weighted by molar-refractivity contribution is 5.86. The van der Waals surface area contributed by atoms with Gasteiger partial charge in [0.2, 0.25) is 17.6 Å². The van der Waals surface area contributed by atoms with Gasteiger partial charge in [0.05, 0.1) is 6.26 Å². The fourth-order valence-electron chi connectivity index (χ4n) is 3.07. The normalized spacial score (nSPS) is 12.1. The predicted octanol–water partition coefficient (Wildman–Crippen LogP) is 2.56.